The van der Waals surface area contributed by atoms with Crippen LogP contribution < -0.4 is 17.0 Å². The molecule has 0 aliphatic carbocycles. The number of nitrogens with zero attached hydrogens (tertiary/aromatic N) is 4. The van der Waals surface area contributed by atoms with E-state index in [9.17, 15) is 23.8 Å². The third-order valence-electron chi connectivity index (χ3n) is 3.23. The first kappa shape index (κ1) is 17.9. The van der Waals surface area contributed by atoms with Gasteiger partial charge in [0.2, 0.25) is 0 Å². The Labute approximate surface area is 133 Å². The molecule has 2 rings (SSSR count). The zero-order valence-corrected chi connectivity index (χ0v) is 13.1. The number of nitrogens with two attached hydrogens (primary N) is 1. The predicted molar refractivity (Wildman–Crippen MR) is 78.0 cm³/mol. The lowest BCUT2D eigenvalue weighted by molar-refractivity contribution is -0.104. The molecule has 0 aromatic carbocycles. The maximum absolute atomic E-state index is 11.8. The Hall–Kier alpha value is -2.43. The first-order chi connectivity index (χ1) is 11.2. The zero-order valence-electron chi connectivity index (χ0n) is 12.2. The quantitative estimate of drug-likeness (QED) is 0.284. The summed E-state index contributed by atoms with van der Waals surface area (Å²) in [5, 5.41) is 3.35. The minimum Gasteiger partial charge on any atom is -0.359 e. The third-order valence-corrected chi connectivity index (χ3v) is 4.28. The third kappa shape index (κ3) is 3.55. The summed E-state index contributed by atoms with van der Waals surface area (Å²) >= 11 is 0. The van der Waals surface area contributed by atoms with Crippen molar-refractivity contribution in [1.29, 1.82) is 0 Å². The fraction of sp³-hybridized carbons (Fsp3) is 0.500. The van der Waals surface area contributed by atoms with Gasteiger partial charge in [0.25, 0.3) is 5.56 Å². The molecule has 14 heteroatoms. The van der Waals surface area contributed by atoms with Crippen LogP contribution in [0.3, 0.4) is 0 Å². The van der Waals surface area contributed by atoms with Gasteiger partial charge in [0.1, 0.15) is 6.23 Å². The summed E-state index contributed by atoms with van der Waals surface area (Å²) in [5.74, 6) is 0. The van der Waals surface area contributed by atoms with Crippen molar-refractivity contribution < 1.29 is 23.5 Å². The molecule has 4 N–H and O–H groups in total. The number of rotatable bonds is 5. The van der Waals surface area contributed by atoms with Crippen LogP contribution in [0.4, 0.5) is 4.79 Å². The molecule has 4 atom stereocenters. The molecule has 24 heavy (non-hydrogen) atoms. The van der Waals surface area contributed by atoms with Gasteiger partial charge in [0.15, 0.2) is 6.29 Å². The maximum atomic E-state index is 11.8. The molecule has 2 heterocycles. The number of carbonyl (C=O) groups is 1. The minimum atomic E-state index is -4.84. The van der Waals surface area contributed by atoms with Crippen molar-refractivity contribution in [3.8, 4) is 0 Å². The zero-order chi connectivity index (χ0) is 18.1. The van der Waals surface area contributed by atoms with Crippen LogP contribution >= 0.6 is 7.60 Å². The summed E-state index contributed by atoms with van der Waals surface area (Å²) < 4.78 is 22.5. The molecule has 0 saturated carbocycles. The molecule has 1 amide bonds. The second-order valence-electron chi connectivity index (χ2n) is 4.91. The highest BCUT2D eigenvalue weighted by atomic mass is 31.2. The predicted octanol–water partition coefficient (Wildman–Crippen LogP) is 0.0496. The number of nitrogens with one attached hydrogen (secondary N) is 1. The maximum Gasteiger partial charge on any atom is 0.417 e. The molecule has 1 aliphatic heterocycles. The van der Waals surface area contributed by atoms with Crippen molar-refractivity contribution >= 4 is 13.2 Å². The lowest BCUT2D eigenvalue weighted by Gasteiger charge is -2.18. The highest BCUT2D eigenvalue weighted by molar-refractivity contribution is 7.70. The number of aryl methyl sites for hydroxylation is 1. The molecule has 1 aromatic rings. The summed E-state index contributed by atoms with van der Waals surface area (Å²) in [6.07, 6.45) is -1.51. The van der Waals surface area contributed by atoms with Crippen molar-refractivity contribution in [2.45, 2.75) is 31.9 Å². The van der Waals surface area contributed by atoms with E-state index in [4.69, 9.17) is 16.0 Å². The van der Waals surface area contributed by atoms with E-state index in [-0.39, 0.29) is 12.0 Å². The van der Waals surface area contributed by atoms with Crippen LogP contribution in [-0.4, -0.2) is 32.4 Å². The molecule has 13 nitrogen and oxygen atoms in total. The van der Waals surface area contributed by atoms with E-state index in [1.807, 2.05) is 0 Å². The van der Waals surface area contributed by atoms with Gasteiger partial charge in [-0.2, -0.15) is 0 Å². The summed E-state index contributed by atoms with van der Waals surface area (Å²) in [5.41, 5.74) is 10.5. The molecule has 1 aromatic heterocycles. The fourth-order valence-corrected chi connectivity index (χ4v) is 2.63. The Kier molecular flexibility index (Phi) is 4.92. The van der Waals surface area contributed by atoms with Gasteiger partial charge in [0.05, 0.1) is 6.04 Å². The number of azide groups is 1. The Morgan fingerprint density at radius 3 is 2.92 bits per heavy atom. The standard InChI is InChI=1S/C10H13N6O7P/c1-4-3-16(10(19)13-7(4)17)6-2-5(14-15-12)8(22-6)23-24(20,21)9(11)18/h3,5-6,8H,2H2,1H3,(H2,11,18)(H,20,21)(H,13,17,19). The smallest absolute Gasteiger partial charge is 0.359 e. The molecular weight excluding hydrogens is 347 g/mol. The number of aromatic amines is 1. The van der Waals surface area contributed by atoms with Gasteiger partial charge in [-0.3, -0.25) is 23.7 Å². The number of hydrogen-bond acceptors (Lipinski definition) is 7. The van der Waals surface area contributed by atoms with Crippen LogP contribution in [-0.2, 0) is 13.8 Å². The molecule has 4 unspecified atom stereocenters. The Morgan fingerprint density at radius 1 is 1.67 bits per heavy atom. The number of carbonyl (C=O) groups excluding carboxylic acids is 1. The molecular formula is C10H13N6O7P. The van der Waals surface area contributed by atoms with Gasteiger partial charge in [0, 0.05) is 23.1 Å². The van der Waals surface area contributed by atoms with Crippen molar-refractivity contribution in [3.63, 3.8) is 0 Å². The summed E-state index contributed by atoms with van der Waals surface area (Å²) in [6, 6.07) is -1.10. The molecule has 0 bridgehead atoms. The summed E-state index contributed by atoms with van der Waals surface area (Å²) in [7, 11) is -4.84. The van der Waals surface area contributed by atoms with Crippen LogP contribution in [0.1, 0.15) is 18.2 Å². The molecule has 0 radical (unpaired) electrons. The second-order valence-corrected chi connectivity index (χ2v) is 6.60. The lowest BCUT2D eigenvalue weighted by Crippen LogP contribution is -2.33. The highest BCUT2D eigenvalue weighted by Crippen LogP contribution is 2.46. The van der Waals surface area contributed by atoms with Crippen LogP contribution in [0.2, 0.25) is 0 Å². The van der Waals surface area contributed by atoms with Crippen molar-refractivity contribution in [2.75, 3.05) is 0 Å². The largest absolute Gasteiger partial charge is 0.417 e. The monoisotopic (exact) mass is 360 g/mol. The number of ether oxygens (including phenoxy) is 1. The number of primary amides is 1. The van der Waals surface area contributed by atoms with Crippen LogP contribution in [0.25, 0.3) is 10.4 Å². The average Bonchev–Trinajstić information content (AvgIpc) is 2.85. The first-order valence-electron chi connectivity index (χ1n) is 6.48. The lowest BCUT2D eigenvalue weighted by atomic mass is 10.2. The van der Waals surface area contributed by atoms with Gasteiger partial charge in [-0.15, -0.1) is 0 Å². The SMILES string of the molecule is Cc1cn(C2CC(N=[N+]=[N-])C(OP(=O)(O)C(N)=O)O2)c(=O)[nH]c1=O. The van der Waals surface area contributed by atoms with E-state index in [0.717, 1.165) is 4.57 Å². The molecule has 130 valence electrons. The van der Waals surface area contributed by atoms with Gasteiger partial charge in [-0.25, -0.2) is 9.36 Å². The van der Waals surface area contributed by atoms with Crippen molar-refractivity contribution in [1.82, 2.24) is 9.55 Å². The second kappa shape index (κ2) is 6.59. The summed E-state index contributed by atoms with van der Waals surface area (Å²) in [4.78, 5) is 48.1. The molecule has 1 fully saturated rings. The van der Waals surface area contributed by atoms with E-state index >= 15 is 0 Å². The van der Waals surface area contributed by atoms with E-state index in [1.165, 1.54) is 13.1 Å². The van der Waals surface area contributed by atoms with Gasteiger partial charge in [-0.05, 0) is 12.5 Å². The van der Waals surface area contributed by atoms with E-state index in [1.54, 1.807) is 0 Å². The van der Waals surface area contributed by atoms with Gasteiger partial charge < -0.3 is 15.4 Å². The number of H-pyrrole nitrogens is 1. The number of hydrogen-bond donors (Lipinski definition) is 3. The van der Waals surface area contributed by atoms with Crippen molar-refractivity contribution in [3.05, 3.63) is 43.0 Å². The topological polar surface area (TPSA) is 202 Å². The van der Waals surface area contributed by atoms with E-state index in [2.05, 4.69) is 19.5 Å². The van der Waals surface area contributed by atoms with E-state index < -0.39 is 43.1 Å². The minimum absolute atomic E-state index is 0.0983. The van der Waals surface area contributed by atoms with Gasteiger partial charge in [-0.1, -0.05) is 5.11 Å². The van der Waals surface area contributed by atoms with Crippen LogP contribution in [0.5, 0.6) is 0 Å². The average molecular weight is 360 g/mol. The van der Waals surface area contributed by atoms with Crippen LogP contribution in [0, 0.1) is 6.92 Å². The molecule has 1 saturated heterocycles. The molecule has 0 spiro atoms. The Bertz CT molecular complexity index is 871. The first-order valence-corrected chi connectivity index (χ1v) is 8.06. The van der Waals surface area contributed by atoms with Crippen molar-refractivity contribution in [2.24, 2.45) is 10.8 Å². The Balaban J connectivity index is 2.34. The van der Waals surface area contributed by atoms with Gasteiger partial charge >= 0.3 is 18.9 Å². The normalized spacial score (nSPS) is 25.7. The van der Waals surface area contributed by atoms with Crippen LogP contribution in [0.15, 0.2) is 20.9 Å². The number of amides is 1. The Morgan fingerprint density at radius 2 is 2.33 bits per heavy atom. The molecule has 1 aliphatic rings. The fourth-order valence-electron chi connectivity index (χ4n) is 2.05. The van der Waals surface area contributed by atoms with E-state index in [0.29, 0.717) is 0 Å². The summed E-state index contributed by atoms with van der Waals surface area (Å²) in [6.45, 7) is 1.46. The number of aromatic nitrogens is 2. The highest BCUT2D eigenvalue weighted by Gasteiger charge is 2.43.